The molecule has 4 unspecified atom stereocenters. The lowest BCUT2D eigenvalue weighted by atomic mass is 9.81. The number of nitrogens with zero attached hydrogens (tertiary/aromatic N) is 1. The topological polar surface area (TPSA) is 15.3 Å². The molecule has 1 aliphatic carbocycles. The van der Waals surface area contributed by atoms with Crippen LogP contribution in [0.4, 0.5) is 0 Å². The van der Waals surface area contributed by atoms with Gasteiger partial charge in [-0.2, -0.15) is 0 Å². The molecule has 0 aromatic heterocycles. The van der Waals surface area contributed by atoms with Crippen molar-refractivity contribution in [3.05, 3.63) is 0 Å². The maximum atomic E-state index is 3.83. The molecule has 2 aliphatic rings. The van der Waals surface area contributed by atoms with Crippen molar-refractivity contribution in [1.82, 2.24) is 10.2 Å². The van der Waals surface area contributed by atoms with Gasteiger partial charge in [0.25, 0.3) is 0 Å². The van der Waals surface area contributed by atoms with E-state index in [1.54, 1.807) is 0 Å². The summed E-state index contributed by atoms with van der Waals surface area (Å²) in [6, 6.07) is 2.31. The Bertz CT molecular complexity index is 300. The third-order valence-corrected chi connectivity index (χ3v) is 5.80. The summed E-state index contributed by atoms with van der Waals surface area (Å²) in [5.74, 6) is 2.55. The van der Waals surface area contributed by atoms with Crippen LogP contribution >= 0.6 is 0 Å². The monoisotopic (exact) mass is 294 g/mol. The van der Waals surface area contributed by atoms with Crippen LogP contribution in [0.15, 0.2) is 0 Å². The molecule has 0 spiro atoms. The quantitative estimate of drug-likeness (QED) is 0.813. The summed E-state index contributed by atoms with van der Waals surface area (Å²) >= 11 is 0. The van der Waals surface area contributed by atoms with Crippen LogP contribution in [0.2, 0.25) is 0 Å². The number of hydrogen-bond donors (Lipinski definition) is 1. The van der Waals surface area contributed by atoms with Gasteiger partial charge >= 0.3 is 0 Å². The molecule has 2 nitrogen and oxygen atoms in total. The molecule has 1 N–H and O–H groups in total. The van der Waals surface area contributed by atoms with Crippen molar-refractivity contribution in [2.75, 3.05) is 13.1 Å². The lowest BCUT2D eigenvalue weighted by Gasteiger charge is -2.49. The molecule has 1 saturated heterocycles. The zero-order chi connectivity index (χ0) is 15.4. The molecule has 1 heterocycles. The average molecular weight is 295 g/mol. The van der Waals surface area contributed by atoms with Crippen LogP contribution in [0.5, 0.6) is 0 Å². The summed E-state index contributed by atoms with van der Waals surface area (Å²) in [6.45, 7) is 14.4. The standard InChI is InChI=1S/C19H38N2/c1-6-16-8-7-9-18(11-16)21-13-17(10-14(2)3)20-12-19(21)15(4)5/h14-20H,6-13H2,1-5H3. The molecule has 4 atom stereocenters. The third kappa shape index (κ3) is 4.69. The van der Waals surface area contributed by atoms with Gasteiger partial charge in [-0.05, 0) is 37.0 Å². The Morgan fingerprint density at radius 1 is 1.14 bits per heavy atom. The Labute approximate surface area is 133 Å². The van der Waals surface area contributed by atoms with Gasteiger partial charge < -0.3 is 5.32 Å². The van der Waals surface area contributed by atoms with Crippen LogP contribution in [0.25, 0.3) is 0 Å². The second-order valence-corrected chi connectivity index (χ2v) is 8.34. The van der Waals surface area contributed by atoms with Gasteiger partial charge in [0, 0.05) is 31.2 Å². The molecule has 1 aliphatic heterocycles. The van der Waals surface area contributed by atoms with Crippen molar-refractivity contribution in [2.45, 2.75) is 91.3 Å². The molecule has 2 rings (SSSR count). The molecular weight excluding hydrogens is 256 g/mol. The van der Waals surface area contributed by atoms with E-state index in [1.165, 1.54) is 51.6 Å². The maximum Gasteiger partial charge on any atom is 0.0247 e. The van der Waals surface area contributed by atoms with Crippen molar-refractivity contribution in [3.8, 4) is 0 Å². The average Bonchev–Trinajstić information content (AvgIpc) is 2.46. The van der Waals surface area contributed by atoms with Gasteiger partial charge in [0.05, 0.1) is 0 Å². The van der Waals surface area contributed by atoms with Crippen LogP contribution < -0.4 is 5.32 Å². The Hall–Kier alpha value is -0.0800. The van der Waals surface area contributed by atoms with E-state index in [9.17, 15) is 0 Å². The normalized spacial score (nSPS) is 35.6. The fourth-order valence-electron chi connectivity index (χ4n) is 4.56. The number of rotatable bonds is 5. The van der Waals surface area contributed by atoms with Gasteiger partial charge in [0.15, 0.2) is 0 Å². The molecule has 0 bridgehead atoms. The summed E-state index contributed by atoms with van der Waals surface area (Å²) in [6.07, 6.45) is 8.52. The summed E-state index contributed by atoms with van der Waals surface area (Å²) in [7, 11) is 0. The number of nitrogens with one attached hydrogen (secondary N) is 1. The molecule has 0 aromatic carbocycles. The Morgan fingerprint density at radius 2 is 1.90 bits per heavy atom. The molecular formula is C19H38N2. The summed E-state index contributed by atoms with van der Waals surface area (Å²) in [5.41, 5.74) is 0. The first-order chi connectivity index (χ1) is 10.0. The van der Waals surface area contributed by atoms with E-state index in [0.717, 1.165) is 29.8 Å². The highest BCUT2D eigenvalue weighted by Gasteiger charge is 2.36. The smallest absolute Gasteiger partial charge is 0.0247 e. The predicted molar refractivity (Wildman–Crippen MR) is 92.6 cm³/mol. The van der Waals surface area contributed by atoms with E-state index in [2.05, 4.69) is 44.8 Å². The Morgan fingerprint density at radius 3 is 2.52 bits per heavy atom. The SMILES string of the molecule is CCC1CCCC(N2CC(CC(C)C)NCC2C(C)C)C1. The van der Waals surface area contributed by atoms with Crippen LogP contribution in [0.3, 0.4) is 0 Å². The Kier molecular flexibility index (Phi) is 6.55. The van der Waals surface area contributed by atoms with E-state index >= 15 is 0 Å². The predicted octanol–water partition coefficient (Wildman–Crippen LogP) is 4.30. The minimum absolute atomic E-state index is 0.710. The van der Waals surface area contributed by atoms with Crippen molar-refractivity contribution in [3.63, 3.8) is 0 Å². The van der Waals surface area contributed by atoms with E-state index in [0.29, 0.717) is 6.04 Å². The molecule has 0 aromatic rings. The van der Waals surface area contributed by atoms with E-state index in [4.69, 9.17) is 0 Å². The number of piperazine rings is 1. The second-order valence-electron chi connectivity index (χ2n) is 8.34. The van der Waals surface area contributed by atoms with Gasteiger partial charge in [0.2, 0.25) is 0 Å². The van der Waals surface area contributed by atoms with Crippen molar-refractivity contribution in [2.24, 2.45) is 17.8 Å². The van der Waals surface area contributed by atoms with Gasteiger partial charge in [-0.25, -0.2) is 0 Å². The van der Waals surface area contributed by atoms with Crippen molar-refractivity contribution >= 4 is 0 Å². The van der Waals surface area contributed by atoms with Crippen LogP contribution in [-0.2, 0) is 0 Å². The fourth-order valence-corrected chi connectivity index (χ4v) is 4.56. The molecule has 2 heteroatoms. The molecule has 0 amide bonds. The first kappa shape index (κ1) is 17.3. The van der Waals surface area contributed by atoms with E-state index in [1.807, 2.05) is 0 Å². The maximum absolute atomic E-state index is 3.83. The van der Waals surface area contributed by atoms with Crippen LogP contribution in [0.1, 0.15) is 73.1 Å². The summed E-state index contributed by atoms with van der Waals surface area (Å²) < 4.78 is 0. The van der Waals surface area contributed by atoms with Gasteiger partial charge in [-0.15, -0.1) is 0 Å². The van der Waals surface area contributed by atoms with Gasteiger partial charge in [0.1, 0.15) is 0 Å². The van der Waals surface area contributed by atoms with Gasteiger partial charge in [-0.1, -0.05) is 53.9 Å². The molecule has 0 radical (unpaired) electrons. The molecule has 124 valence electrons. The molecule has 21 heavy (non-hydrogen) atoms. The zero-order valence-corrected chi connectivity index (χ0v) is 15.1. The Balaban J connectivity index is 2.02. The number of hydrogen-bond acceptors (Lipinski definition) is 2. The highest BCUT2D eigenvalue weighted by atomic mass is 15.3. The third-order valence-electron chi connectivity index (χ3n) is 5.80. The first-order valence-electron chi connectivity index (χ1n) is 9.50. The highest BCUT2D eigenvalue weighted by molar-refractivity contribution is 4.93. The van der Waals surface area contributed by atoms with Crippen LogP contribution in [0, 0.1) is 17.8 Å². The molecule has 2 fully saturated rings. The van der Waals surface area contributed by atoms with Crippen LogP contribution in [-0.4, -0.2) is 36.1 Å². The van der Waals surface area contributed by atoms with Gasteiger partial charge in [-0.3, -0.25) is 4.90 Å². The lowest BCUT2D eigenvalue weighted by molar-refractivity contribution is 0.0249. The molecule has 1 saturated carbocycles. The largest absolute Gasteiger partial charge is 0.311 e. The summed E-state index contributed by atoms with van der Waals surface area (Å²) in [5, 5.41) is 3.83. The fraction of sp³-hybridized carbons (Fsp3) is 1.00. The minimum atomic E-state index is 0.710. The van der Waals surface area contributed by atoms with E-state index < -0.39 is 0 Å². The first-order valence-corrected chi connectivity index (χ1v) is 9.50. The van der Waals surface area contributed by atoms with Crippen molar-refractivity contribution in [1.29, 1.82) is 0 Å². The van der Waals surface area contributed by atoms with Crippen molar-refractivity contribution < 1.29 is 0 Å². The van der Waals surface area contributed by atoms with E-state index in [-0.39, 0.29) is 0 Å². The summed E-state index contributed by atoms with van der Waals surface area (Å²) in [4.78, 5) is 2.91. The highest BCUT2D eigenvalue weighted by Crippen LogP contribution is 2.33. The minimum Gasteiger partial charge on any atom is -0.311 e. The zero-order valence-electron chi connectivity index (χ0n) is 15.1. The second kappa shape index (κ2) is 7.97. The lowest BCUT2D eigenvalue weighted by Crippen LogP contribution is -2.61.